The Balaban J connectivity index is 2.42. The molecule has 1 atom stereocenters. The molecule has 0 N–H and O–H groups in total. The third-order valence-corrected chi connectivity index (χ3v) is 3.53. The van der Waals surface area contributed by atoms with Gasteiger partial charge in [0.15, 0.2) is 0 Å². The molecule has 1 unspecified atom stereocenters. The van der Waals surface area contributed by atoms with Gasteiger partial charge in [0.2, 0.25) is 5.91 Å². The predicted octanol–water partition coefficient (Wildman–Crippen LogP) is 2.20. The number of rotatable bonds is 4. The van der Waals surface area contributed by atoms with Crippen LogP contribution in [-0.2, 0) is 4.79 Å². The Morgan fingerprint density at radius 2 is 2.32 bits per heavy atom. The topological polar surface area (TPSA) is 72.7 Å². The fraction of sp³-hybridized carbons (Fsp3) is 0.417. The molecule has 1 amide bonds. The second-order valence-electron chi connectivity index (χ2n) is 4.34. The van der Waals surface area contributed by atoms with E-state index < -0.39 is 4.92 Å². The number of carbonyl (C=O) groups is 1. The molecule has 6 nitrogen and oxygen atoms in total. The number of carbonyl (C=O) groups excluding carboxylic acids is 1. The number of nitro groups is 1. The van der Waals surface area contributed by atoms with E-state index in [1.807, 2.05) is 0 Å². The molecular formula is C12H13ClN2O4. The quantitative estimate of drug-likeness (QED) is 0.483. The van der Waals surface area contributed by atoms with Crippen molar-refractivity contribution in [2.45, 2.75) is 6.42 Å². The van der Waals surface area contributed by atoms with Crippen LogP contribution in [0.15, 0.2) is 18.2 Å². The first-order valence-electron chi connectivity index (χ1n) is 5.75. The minimum atomic E-state index is -0.504. The standard InChI is InChI=1S/C12H13ClN2O4/c1-19-9-2-3-10(15(17)18)11(5-9)14-7-8(6-13)4-12(14)16/h2-3,5,8H,4,6-7H2,1H3. The molecule has 0 saturated carbocycles. The zero-order chi connectivity index (χ0) is 14.0. The van der Waals surface area contributed by atoms with Crippen LogP contribution >= 0.6 is 11.6 Å². The Hall–Kier alpha value is -1.82. The number of nitro benzene ring substituents is 1. The first kappa shape index (κ1) is 13.6. The average molecular weight is 285 g/mol. The molecule has 1 aromatic rings. The molecule has 1 aliphatic rings. The zero-order valence-electron chi connectivity index (χ0n) is 10.3. The van der Waals surface area contributed by atoms with Crippen LogP contribution in [-0.4, -0.2) is 30.4 Å². The predicted molar refractivity (Wildman–Crippen MR) is 70.8 cm³/mol. The number of hydrogen-bond donors (Lipinski definition) is 0. The first-order chi connectivity index (χ1) is 9.06. The smallest absolute Gasteiger partial charge is 0.293 e. The number of halogens is 1. The van der Waals surface area contributed by atoms with E-state index in [4.69, 9.17) is 16.3 Å². The van der Waals surface area contributed by atoms with Crippen molar-refractivity contribution in [3.05, 3.63) is 28.3 Å². The molecule has 0 radical (unpaired) electrons. The van der Waals surface area contributed by atoms with Gasteiger partial charge in [-0.25, -0.2) is 0 Å². The van der Waals surface area contributed by atoms with Gasteiger partial charge in [0, 0.05) is 31.0 Å². The SMILES string of the molecule is COc1ccc([N+](=O)[O-])c(N2CC(CCl)CC2=O)c1. The molecule has 0 aliphatic carbocycles. The third-order valence-electron chi connectivity index (χ3n) is 3.09. The Labute approximate surface area is 115 Å². The normalized spacial score (nSPS) is 18.7. The highest BCUT2D eigenvalue weighted by Gasteiger charge is 2.34. The Bertz CT molecular complexity index is 520. The highest BCUT2D eigenvalue weighted by Crippen LogP contribution is 2.35. The molecule has 1 heterocycles. The van der Waals surface area contributed by atoms with Crippen molar-refractivity contribution < 1.29 is 14.5 Å². The molecule has 102 valence electrons. The van der Waals surface area contributed by atoms with Gasteiger partial charge in [0.25, 0.3) is 5.69 Å². The summed E-state index contributed by atoms with van der Waals surface area (Å²) in [6.45, 7) is 0.399. The summed E-state index contributed by atoms with van der Waals surface area (Å²) in [6.07, 6.45) is 0.317. The van der Waals surface area contributed by atoms with E-state index in [1.54, 1.807) is 0 Å². The van der Waals surface area contributed by atoms with Crippen LogP contribution in [0, 0.1) is 16.0 Å². The largest absolute Gasteiger partial charge is 0.497 e. The van der Waals surface area contributed by atoms with Gasteiger partial charge in [-0.3, -0.25) is 14.9 Å². The molecule has 1 aliphatic heterocycles. The summed E-state index contributed by atoms with van der Waals surface area (Å²) in [7, 11) is 1.47. The van der Waals surface area contributed by atoms with Gasteiger partial charge in [0.1, 0.15) is 11.4 Å². The second kappa shape index (κ2) is 5.44. The van der Waals surface area contributed by atoms with Crippen molar-refractivity contribution in [2.75, 3.05) is 24.4 Å². The molecule has 0 bridgehead atoms. The maximum Gasteiger partial charge on any atom is 0.293 e. The summed E-state index contributed by atoms with van der Waals surface area (Å²) < 4.78 is 5.05. The maximum atomic E-state index is 11.9. The number of anilines is 1. The van der Waals surface area contributed by atoms with Crippen LogP contribution in [0.1, 0.15) is 6.42 Å². The highest BCUT2D eigenvalue weighted by atomic mass is 35.5. The first-order valence-corrected chi connectivity index (χ1v) is 6.29. The number of ether oxygens (including phenoxy) is 1. The molecule has 0 aromatic heterocycles. The van der Waals surface area contributed by atoms with Crippen LogP contribution in [0.3, 0.4) is 0 Å². The van der Waals surface area contributed by atoms with Crippen molar-refractivity contribution in [2.24, 2.45) is 5.92 Å². The lowest BCUT2D eigenvalue weighted by molar-refractivity contribution is -0.384. The van der Waals surface area contributed by atoms with E-state index in [-0.39, 0.29) is 23.2 Å². The minimum absolute atomic E-state index is 0.0278. The van der Waals surface area contributed by atoms with Gasteiger partial charge in [-0.15, -0.1) is 11.6 Å². The van der Waals surface area contributed by atoms with Crippen molar-refractivity contribution in [3.63, 3.8) is 0 Å². The van der Waals surface area contributed by atoms with Crippen molar-refractivity contribution >= 4 is 28.9 Å². The van der Waals surface area contributed by atoms with Gasteiger partial charge >= 0.3 is 0 Å². The second-order valence-corrected chi connectivity index (χ2v) is 4.65. The average Bonchev–Trinajstić information content (AvgIpc) is 2.79. The van der Waals surface area contributed by atoms with Crippen LogP contribution in [0.4, 0.5) is 11.4 Å². The number of alkyl halides is 1. The van der Waals surface area contributed by atoms with Crippen LogP contribution in [0.25, 0.3) is 0 Å². The fourth-order valence-electron chi connectivity index (χ4n) is 2.12. The zero-order valence-corrected chi connectivity index (χ0v) is 11.1. The van der Waals surface area contributed by atoms with E-state index in [0.717, 1.165) is 0 Å². The number of benzene rings is 1. The van der Waals surface area contributed by atoms with Crippen molar-refractivity contribution in [3.8, 4) is 5.75 Å². The molecule has 7 heteroatoms. The monoisotopic (exact) mass is 284 g/mol. The fourth-order valence-corrected chi connectivity index (χ4v) is 2.33. The van der Waals surface area contributed by atoms with Gasteiger partial charge < -0.3 is 9.64 Å². The number of nitrogens with zero attached hydrogens (tertiary/aromatic N) is 2. The highest BCUT2D eigenvalue weighted by molar-refractivity contribution is 6.18. The number of amides is 1. The van der Waals surface area contributed by atoms with Crippen molar-refractivity contribution in [1.82, 2.24) is 0 Å². The van der Waals surface area contributed by atoms with E-state index in [2.05, 4.69) is 0 Å². The summed E-state index contributed by atoms with van der Waals surface area (Å²) >= 11 is 5.75. The van der Waals surface area contributed by atoms with E-state index in [1.165, 1.54) is 30.2 Å². The Morgan fingerprint density at radius 3 is 2.84 bits per heavy atom. The van der Waals surface area contributed by atoms with E-state index in [9.17, 15) is 14.9 Å². The lowest BCUT2D eigenvalue weighted by Crippen LogP contribution is -2.25. The van der Waals surface area contributed by atoms with Gasteiger partial charge in [-0.1, -0.05) is 0 Å². The molecule has 1 aromatic carbocycles. The van der Waals surface area contributed by atoms with Crippen LogP contribution in [0.5, 0.6) is 5.75 Å². The van der Waals surface area contributed by atoms with Gasteiger partial charge in [-0.05, 0) is 12.0 Å². The van der Waals surface area contributed by atoms with Gasteiger partial charge in [0.05, 0.1) is 12.0 Å². The minimum Gasteiger partial charge on any atom is -0.497 e. The summed E-state index contributed by atoms with van der Waals surface area (Å²) in [5.74, 6) is 0.713. The Morgan fingerprint density at radius 1 is 1.58 bits per heavy atom. The molecule has 1 saturated heterocycles. The summed E-state index contributed by atoms with van der Waals surface area (Å²) in [4.78, 5) is 23.9. The summed E-state index contributed by atoms with van der Waals surface area (Å²) in [5.41, 5.74) is 0.159. The van der Waals surface area contributed by atoms with E-state index >= 15 is 0 Å². The van der Waals surface area contributed by atoms with E-state index in [0.29, 0.717) is 24.6 Å². The summed E-state index contributed by atoms with van der Waals surface area (Å²) in [6, 6.07) is 4.35. The van der Waals surface area contributed by atoms with Crippen LogP contribution in [0.2, 0.25) is 0 Å². The molecule has 2 rings (SSSR count). The number of hydrogen-bond acceptors (Lipinski definition) is 4. The lowest BCUT2D eigenvalue weighted by atomic mass is 10.1. The van der Waals surface area contributed by atoms with Crippen LogP contribution < -0.4 is 9.64 Å². The molecular weight excluding hydrogens is 272 g/mol. The number of methoxy groups -OCH3 is 1. The van der Waals surface area contributed by atoms with Crippen molar-refractivity contribution in [1.29, 1.82) is 0 Å². The van der Waals surface area contributed by atoms with Gasteiger partial charge in [-0.2, -0.15) is 0 Å². The summed E-state index contributed by atoms with van der Waals surface area (Å²) in [5, 5.41) is 11.0. The molecule has 19 heavy (non-hydrogen) atoms. The third kappa shape index (κ3) is 2.63. The molecule has 0 spiro atoms. The maximum absolute atomic E-state index is 11.9. The Kier molecular flexibility index (Phi) is 3.90. The molecule has 1 fully saturated rings. The lowest BCUT2D eigenvalue weighted by Gasteiger charge is -2.17.